The van der Waals surface area contributed by atoms with Crippen LogP contribution in [0.4, 0.5) is 17.1 Å². The first-order valence-corrected chi connectivity index (χ1v) is 10.9. The summed E-state index contributed by atoms with van der Waals surface area (Å²) in [6.45, 7) is 1.74. The number of benzene rings is 1. The Hall–Kier alpha value is -2.18. The summed E-state index contributed by atoms with van der Waals surface area (Å²) in [5, 5.41) is 25.2. The Kier molecular flexibility index (Phi) is 7.83. The van der Waals surface area contributed by atoms with Gasteiger partial charge in [-0.2, -0.15) is 0 Å². The molecule has 4 N–H and O–H groups in total. The number of aromatic hydroxyl groups is 1. The minimum absolute atomic E-state index is 0.0390. The van der Waals surface area contributed by atoms with Crippen LogP contribution in [0.15, 0.2) is 26.6 Å². The van der Waals surface area contributed by atoms with Crippen molar-refractivity contribution in [2.24, 2.45) is 0 Å². The highest BCUT2D eigenvalue weighted by atomic mass is 35.5. The number of anilines is 3. The fraction of sp³-hybridized carbons (Fsp3) is 0.444. The van der Waals surface area contributed by atoms with Crippen LogP contribution in [0, 0.1) is 0 Å². The van der Waals surface area contributed by atoms with Crippen molar-refractivity contribution >= 4 is 38.7 Å². The Morgan fingerprint density at radius 1 is 1.23 bits per heavy atom. The molecule has 0 spiro atoms. The van der Waals surface area contributed by atoms with Gasteiger partial charge in [-0.25, -0.2) is 8.42 Å². The third-order valence-corrected chi connectivity index (χ3v) is 6.76. The second-order valence-corrected chi connectivity index (χ2v) is 8.85. The summed E-state index contributed by atoms with van der Waals surface area (Å²) >= 11 is 5.97. The van der Waals surface area contributed by atoms with Crippen molar-refractivity contribution in [3.05, 3.63) is 37.6 Å². The van der Waals surface area contributed by atoms with Crippen molar-refractivity contribution in [1.82, 2.24) is 4.47 Å². The van der Waals surface area contributed by atoms with Crippen LogP contribution in [0.5, 0.6) is 5.75 Å². The molecule has 0 saturated carbocycles. The van der Waals surface area contributed by atoms with E-state index in [0.29, 0.717) is 10.9 Å². The standard InChI is InChI=1S/C18H24ClN3O7S/c1-4-5-6-10(9-23)20-13-14(17(26)16(13)25)21-12-8-7-11(19)18(15(12)24)30(27,28)22(2)29-3/h7-8,10,20-21,23-24H,4-6,9H2,1-3H3/t10-/m1/s1. The van der Waals surface area contributed by atoms with E-state index in [-0.39, 0.29) is 28.7 Å². The van der Waals surface area contributed by atoms with Crippen LogP contribution in [0.3, 0.4) is 0 Å². The minimum Gasteiger partial charge on any atom is -0.504 e. The molecule has 0 aliphatic rings. The van der Waals surface area contributed by atoms with E-state index < -0.39 is 37.6 Å². The number of aliphatic hydroxyl groups excluding tert-OH is 1. The Morgan fingerprint density at radius 3 is 2.43 bits per heavy atom. The van der Waals surface area contributed by atoms with E-state index in [9.17, 15) is 28.2 Å². The topological polar surface area (TPSA) is 145 Å². The van der Waals surface area contributed by atoms with Crippen molar-refractivity contribution in [3.8, 4) is 5.75 Å². The van der Waals surface area contributed by atoms with Crippen LogP contribution < -0.4 is 21.5 Å². The third-order valence-electron chi connectivity index (χ3n) is 4.58. The fourth-order valence-electron chi connectivity index (χ4n) is 2.77. The van der Waals surface area contributed by atoms with Crippen molar-refractivity contribution in [2.75, 3.05) is 31.4 Å². The number of phenols is 1. The molecular formula is C18H24ClN3O7S. The van der Waals surface area contributed by atoms with Crippen LogP contribution >= 0.6 is 11.6 Å². The molecule has 0 bridgehead atoms. The molecule has 10 nitrogen and oxygen atoms in total. The molecule has 2 aromatic carbocycles. The van der Waals surface area contributed by atoms with Gasteiger partial charge in [0.2, 0.25) is 0 Å². The van der Waals surface area contributed by atoms with Gasteiger partial charge >= 0.3 is 0 Å². The second-order valence-electron chi connectivity index (χ2n) is 6.57. The molecule has 0 saturated heterocycles. The molecule has 0 aliphatic heterocycles. The predicted molar refractivity (Wildman–Crippen MR) is 114 cm³/mol. The number of hydroxylamine groups is 1. The molecule has 12 heteroatoms. The maximum Gasteiger partial charge on any atom is 0.269 e. The molecule has 0 heterocycles. The van der Waals surface area contributed by atoms with Gasteiger partial charge in [-0.05, 0) is 18.6 Å². The number of halogens is 1. The van der Waals surface area contributed by atoms with Gasteiger partial charge in [0.1, 0.15) is 16.3 Å². The number of aliphatic hydroxyl groups is 1. The first kappa shape index (κ1) is 24.1. The molecular weight excluding hydrogens is 438 g/mol. The molecule has 1 atom stereocenters. The number of sulfonamides is 1. The van der Waals surface area contributed by atoms with Crippen LogP contribution in [0.2, 0.25) is 5.02 Å². The van der Waals surface area contributed by atoms with E-state index in [0.717, 1.165) is 27.0 Å². The lowest BCUT2D eigenvalue weighted by atomic mass is 10.1. The summed E-state index contributed by atoms with van der Waals surface area (Å²) in [7, 11) is -2.05. The Labute approximate surface area is 178 Å². The molecule has 0 amide bonds. The lowest BCUT2D eigenvalue weighted by Gasteiger charge is -2.22. The zero-order chi connectivity index (χ0) is 22.6. The van der Waals surface area contributed by atoms with E-state index in [1.807, 2.05) is 6.92 Å². The maximum absolute atomic E-state index is 12.5. The lowest BCUT2D eigenvalue weighted by molar-refractivity contribution is -0.0259. The van der Waals surface area contributed by atoms with Crippen LogP contribution in [0.25, 0.3) is 0 Å². The van der Waals surface area contributed by atoms with Crippen molar-refractivity contribution in [3.63, 3.8) is 0 Å². The second kappa shape index (κ2) is 9.75. The van der Waals surface area contributed by atoms with Crippen LogP contribution in [-0.2, 0) is 14.9 Å². The molecule has 30 heavy (non-hydrogen) atoms. The molecule has 0 aliphatic carbocycles. The number of rotatable bonds is 11. The number of hydrogen-bond donors (Lipinski definition) is 4. The first-order chi connectivity index (χ1) is 14.1. The molecule has 166 valence electrons. The fourth-order valence-corrected chi connectivity index (χ4v) is 4.33. The largest absolute Gasteiger partial charge is 0.504 e. The average Bonchev–Trinajstić information content (AvgIpc) is 2.72. The van der Waals surface area contributed by atoms with Gasteiger partial charge in [-0.1, -0.05) is 35.8 Å². The number of phenolic OH excluding ortho intramolecular Hbond substituents is 1. The summed E-state index contributed by atoms with van der Waals surface area (Å²) in [6, 6.07) is 2.06. The van der Waals surface area contributed by atoms with Crippen LogP contribution in [-0.4, -0.2) is 49.9 Å². The highest BCUT2D eigenvalue weighted by molar-refractivity contribution is 7.89. The van der Waals surface area contributed by atoms with Crippen molar-refractivity contribution in [2.45, 2.75) is 37.1 Å². The first-order valence-electron chi connectivity index (χ1n) is 9.12. The van der Waals surface area contributed by atoms with Crippen LogP contribution in [0.1, 0.15) is 26.2 Å². The highest BCUT2D eigenvalue weighted by Gasteiger charge is 2.31. The molecule has 0 aromatic heterocycles. The zero-order valence-corrected chi connectivity index (χ0v) is 18.3. The molecule has 0 unspecified atom stereocenters. The summed E-state index contributed by atoms with van der Waals surface area (Å²) < 4.78 is 25.6. The van der Waals surface area contributed by atoms with E-state index in [4.69, 9.17) is 11.6 Å². The zero-order valence-electron chi connectivity index (χ0n) is 16.7. The predicted octanol–water partition coefficient (Wildman–Crippen LogP) is 1.53. The maximum atomic E-state index is 12.5. The van der Waals surface area contributed by atoms with Gasteiger partial charge in [0.25, 0.3) is 20.9 Å². The minimum atomic E-state index is -4.30. The van der Waals surface area contributed by atoms with Gasteiger partial charge in [-0.3, -0.25) is 14.4 Å². The molecule has 0 radical (unpaired) electrons. The molecule has 0 fully saturated rings. The summed E-state index contributed by atoms with van der Waals surface area (Å²) in [5.74, 6) is -0.741. The van der Waals surface area contributed by atoms with E-state index in [1.165, 1.54) is 12.1 Å². The SMILES string of the molecule is CCCC[C@H](CO)Nc1c(Nc2ccc(Cl)c(S(=O)(=O)N(C)OC)c2O)c(=O)c1=O. The van der Waals surface area contributed by atoms with Crippen molar-refractivity contribution in [1.29, 1.82) is 0 Å². The lowest BCUT2D eigenvalue weighted by Crippen LogP contribution is -2.40. The number of nitrogens with one attached hydrogen (secondary N) is 2. The van der Waals surface area contributed by atoms with Gasteiger partial charge in [0.05, 0.1) is 24.4 Å². The summed E-state index contributed by atoms with van der Waals surface area (Å²) in [5.41, 5.74) is -1.93. The Morgan fingerprint density at radius 2 is 1.87 bits per heavy atom. The average molecular weight is 462 g/mol. The Balaban J connectivity index is 2.41. The summed E-state index contributed by atoms with van der Waals surface area (Å²) in [6.07, 6.45) is 2.28. The molecule has 2 rings (SSSR count). The van der Waals surface area contributed by atoms with Gasteiger partial charge < -0.3 is 20.8 Å². The van der Waals surface area contributed by atoms with Gasteiger partial charge in [0, 0.05) is 13.1 Å². The monoisotopic (exact) mass is 461 g/mol. The quantitative estimate of drug-likeness (QED) is 0.222. The molecule has 2 aromatic rings. The Bertz CT molecular complexity index is 1080. The van der Waals surface area contributed by atoms with Gasteiger partial charge in [0.15, 0.2) is 5.75 Å². The van der Waals surface area contributed by atoms with Crippen molar-refractivity contribution < 1.29 is 23.5 Å². The van der Waals surface area contributed by atoms with E-state index in [1.54, 1.807) is 0 Å². The van der Waals surface area contributed by atoms with E-state index >= 15 is 0 Å². The highest BCUT2D eigenvalue weighted by Crippen LogP contribution is 2.39. The number of nitrogens with zero attached hydrogens (tertiary/aromatic N) is 1. The van der Waals surface area contributed by atoms with Gasteiger partial charge in [-0.15, -0.1) is 0 Å². The number of hydrogen-bond acceptors (Lipinski definition) is 9. The number of unbranched alkanes of at least 4 members (excludes halogenated alkanes) is 1. The van der Waals surface area contributed by atoms with E-state index in [2.05, 4.69) is 15.5 Å². The summed E-state index contributed by atoms with van der Waals surface area (Å²) in [4.78, 5) is 28.1. The normalized spacial score (nSPS) is 13.0. The third kappa shape index (κ3) is 4.60. The smallest absolute Gasteiger partial charge is 0.269 e.